The van der Waals surface area contributed by atoms with Gasteiger partial charge in [0.25, 0.3) is 5.91 Å². The molecule has 0 atom stereocenters. The number of benzene rings is 1. The standard InChI is InChI=1S/C19H25N5O/c1-13(2)20-19(25)17-12-18(22-14(3)21-17)23-15-6-8-16(9-7-15)24-10-4-5-11-24/h6-9,12-13H,4-5,10-11H2,1-3H3,(H,20,25)(H,21,22,23). The van der Waals surface area contributed by atoms with Crippen LogP contribution in [0.1, 0.15) is 43.0 Å². The number of nitrogens with zero attached hydrogens (tertiary/aromatic N) is 3. The number of carbonyl (C=O) groups excluding carboxylic acids is 1. The van der Waals surface area contributed by atoms with Crippen LogP contribution in [0.2, 0.25) is 0 Å². The smallest absolute Gasteiger partial charge is 0.270 e. The van der Waals surface area contributed by atoms with Crippen molar-refractivity contribution in [1.82, 2.24) is 15.3 Å². The Hall–Kier alpha value is -2.63. The molecule has 1 fully saturated rings. The minimum Gasteiger partial charge on any atom is -0.372 e. The molecule has 1 aromatic carbocycles. The summed E-state index contributed by atoms with van der Waals surface area (Å²) in [6.07, 6.45) is 2.53. The molecular weight excluding hydrogens is 314 g/mol. The van der Waals surface area contributed by atoms with E-state index in [1.165, 1.54) is 18.5 Å². The zero-order valence-corrected chi connectivity index (χ0v) is 15.0. The van der Waals surface area contributed by atoms with Crippen molar-refractivity contribution in [3.8, 4) is 0 Å². The van der Waals surface area contributed by atoms with Crippen molar-refractivity contribution >= 4 is 23.1 Å². The van der Waals surface area contributed by atoms with E-state index in [0.717, 1.165) is 18.8 Å². The average molecular weight is 339 g/mol. The van der Waals surface area contributed by atoms with Crippen LogP contribution in [0.25, 0.3) is 0 Å². The second-order valence-electron chi connectivity index (χ2n) is 6.68. The van der Waals surface area contributed by atoms with Crippen LogP contribution in [-0.4, -0.2) is 35.0 Å². The number of aromatic nitrogens is 2. The third-order valence-corrected chi connectivity index (χ3v) is 4.10. The number of amides is 1. The Morgan fingerprint density at radius 2 is 1.80 bits per heavy atom. The molecule has 3 rings (SSSR count). The molecule has 2 heterocycles. The molecule has 1 saturated heterocycles. The first-order valence-electron chi connectivity index (χ1n) is 8.80. The van der Waals surface area contributed by atoms with Crippen molar-refractivity contribution in [3.05, 3.63) is 41.9 Å². The van der Waals surface area contributed by atoms with Gasteiger partial charge in [-0.25, -0.2) is 9.97 Å². The maximum Gasteiger partial charge on any atom is 0.270 e. The van der Waals surface area contributed by atoms with Gasteiger partial charge in [0.2, 0.25) is 0 Å². The number of nitrogens with one attached hydrogen (secondary N) is 2. The molecule has 1 aromatic heterocycles. The molecule has 0 spiro atoms. The van der Waals surface area contributed by atoms with Gasteiger partial charge in [0, 0.05) is 36.6 Å². The van der Waals surface area contributed by atoms with Crippen LogP contribution in [0.4, 0.5) is 17.2 Å². The van der Waals surface area contributed by atoms with Gasteiger partial charge in [-0.05, 0) is 57.9 Å². The van der Waals surface area contributed by atoms with E-state index in [4.69, 9.17) is 0 Å². The lowest BCUT2D eigenvalue weighted by atomic mass is 10.2. The molecule has 25 heavy (non-hydrogen) atoms. The van der Waals surface area contributed by atoms with Gasteiger partial charge in [-0.3, -0.25) is 4.79 Å². The van der Waals surface area contributed by atoms with E-state index in [-0.39, 0.29) is 11.9 Å². The van der Waals surface area contributed by atoms with E-state index >= 15 is 0 Å². The predicted molar refractivity (Wildman–Crippen MR) is 101 cm³/mol. The third kappa shape index (κ3) is 4.47. The largest absolute Gasteiger partial charge is 0.372 e. The quantitative estimate of drug-likeness (QED) is 0.875. The summed E-state index contributed by atoms with van der Waals surface area (Å²) in [6, 6.07) is 10.1. The van der Waals surface area contributed by atoms with Crippen LogP contribution < -0.4 is 15.5 Å². The minimum atomic E-state index is -0.187. The van der Waals surface area contributed by atoms with E-state index in [9.17, 15) is 4.79 Å². The van der Waals surface area contributed by atoms with Crippen LogP contribution in [0, 0.1) is 6.92 Å². The molecule has 1 aliphatic heterocycles. The highest BCUT2D eigenvalue weighted by molar-refractivity contribution is 5.93. The fourth-order valence-corrected chi connectivity index (χ4v) is 2.96. The van der Waals surface area contributed by atoms with Crippen LogP contribution >= 0.6 is 0 Å². The predicted octanol–water partition coefficient (Wildman–Crippen LogP) is 3.27. The summed E-state index contributed by atoms with van der Waals surface area (Å²) in [5, 5.41) is 6.12. The van der Waals surface area contributed by atoms with Gasteiger partial charge in [0.05, 0.1) is 0 Å². The molecule has 2 aromatic rings. The second-order valence-corrected chi connectivity index (χ2v) is 6.68. The second kappa shape index (κ2) is 7.51. The number of anilines is 3. The molecule has 6 heteroatoms. The van der Waals surface area contributed by atoms with E-state index in [1.54, 1.807) is 13.0 Å². The first kappa shape index (κ1) is 17.2. The first-order chi connectivity index (χ1) is 12.0. The summed E-state index contributed by atoms with van der Waals surface area (Å²) >= 11 is 0. The van der Waals surface area contributed by atoms with Gasteiger partial charge in [0.1, 0.15) is 17.3 Å². The summed E-state index contributed by atoms with van der Waals surface area (Å²) in [7, 11) is 0. The summed E-state index contributed by atoms with van der Waals surface area (Å²) in [5.74, 6) is 0.996. The molecule has 0 saturated carbocycles. The zero-order valence-electron chi connectivity index (χ0n) is 15.0. The maximum absolute atomic E-state index is 12.2. The number of carbonyl (C=O) groups is 1. The Balaban J connectivity index is 1.73. The molecule has 132 valence electrons. The monoisotopic (exact) mass is 339 g/mol. The molecule has 2 N–H and O–H groups in total. The highest BCUT2D eigenvalue weighted by Gasteiger charge is 2.13. The fraction of sp³-hybridized carbons (Fsp3) is 0.421. The number of hydrogen-bond acceptors (Lipinski definition) is 5. The molecule has 0 radical (unpaired) electrons. The maximum atomic E-state index is 12.2. The van der Waals surface area contributed by atoms with E-state index in [0.29, 0.717) is 17.3 Å². The Morgan fingerprint density at radius 1 is 1.12 bits per heavy atom. The van der Waals surface area contributed by atoms with Gasteiger partial charge in [-0.15, -0.1) is 0 Å². The van der Waals surface area contributed by atoms with Gasteiger partial charge < -0.3 is 15.5 Å². The Bertz CT molecular complexity index is 736. The number of hydrogen-bond donors (Lipinski definition) is 2. The van der Waals surface area contributed by atoms with E-state index < -0.39 is 0 Å². The molecule has 0 aliphatic carbocycles. The minimum absolute atomic E-state index is 0.0670. The molecule has 0 unspecified atom stereocenters. The topological polar surface area (TPSA) is 70.2 Å². The Morgan fingerprint density at radius 3 is 2.44 bits per heavy atom. The van der Waals surface area contributed by atoms with E-state index in [2.05, 4.69) is 37.6 Å². The van der Waals surface area contributed by atoms with Crippen LogP contribution in [0.15, 0.2) is 30.3 Å². The number of aryl methyl sites for hydroxylation is 1. The fourth-order valence-electron chi connectivity index (χ4n) is 2.96. The lowest BCUT2D eigenvalue weighted by Gasteiger charge is -2.18. The summed E-state index contributed by atoms with van der Waals surface area (Å²) in [6.45, 7) is 7.90. The van der Waals surface area contributed by atoms with Gasteiger partial charge >= 0.3 is 0 Å². The number of rotatable bonds is 5. The van der Waals surface area contributed by atoms with Crippen molar-refractivity contribution in [2.45, 2.75) is 39.7 Å². The molecule has 6 nitrogen and oxygen atoms in total. The van der Waals surface area contributed by atoms with E-state index in [1.807, 2.05) is 26.0 Å². The molecule has 0 bridgehead atoms. The first-order valence-corrected chi connectivity index (χ1v) is 8.80. The van der Waals surface area contributed by atoms with Gasteiger partial charge in [-0.1, -0.05) is 0 Å². The van der Waals surface area contributed by atoms with Gasteiger partial charge in [-0.2, -0.15) is 0 Å². The lowest BCUT2D eigenvalue weighted by Crippen LogP contribution is -2.31. The van der Waals surface area contributed by atoms with Crippen molar-refractivity contribution in [2.75, 3.05) is 23.3 Å². The summed E-state index contributed by atoms with van der Waals surface area (Å²) in [5.41, 5.74) is 2.56. The van der Waals surface area contributed by atoms with Gasteiger partial charge in [0.15, 0.2) is 0 Å². The SMILES string of the molecule is Cc1nc(Nc2ccc(N3CCCC3)cc2)cc(C(=O)NC(C)C)n1. The highest BCUT2D eigenvalue weighted by Crippen LogP contribution is 2.23. The summed E-state index contributed by atoms with van der Waals surface area (Å²) < 4.78 is 0. The highest BCUT2D eigenvalue weighted by atomic mass is 16.1. The molecule has 1 aliphatic rings. The average Bonchev–Trinajstić information content (AvgIpc) is 3.09. The van der Waals surface area contributed by atoms with Crippen LogP contribution in [-0.2, 0) is 0 Å². The molecular formula is C19H25N5O. The summed E-state index contributed by atoms with van der Waals surface area (Å²) in [4.78, 5) is 23.2. The Kier molecular flexibility index (Phi) is 5.16. The Labute approximate surface area is 148 Å². The third-order valence-electron chi connectivity index (χ3n) is 4.10. The van der Waals surface area contributed by atoms with Crippen molar-refractivity contribution in [2.24, 2.45) is 0 Å². The van der Waals surface area contributed by atoms with Crippen molar-refractivity contribution in [3.63, 3.8) is 0 Å². The lowest BCUT2D eigenvalue weighted by molar-refractivity contribution is 0.0937. The normalized spacial score (nSPS) is 14.0. The zero-order chi connectivity index (χ0) is 17.8. The van der Waals surface area contributed by atoms with Crippen molar-refractivity contribution < 1.29 is 4.79 Å². The van der Waals surface area contributed by atoms with Crippen molar-refractivity contribution in [1.29, 1.82) is 0 Å². The van der Waals surface area contributed by atoms with Crippen LogP contribution in [0.3, 0.4) is 0 Å². The van der Waals surface area contributed by atoms with Crippen LogP contribution in [0.5, 0.6) is 0 Å². The molecule has 1 amide bonds.